The standard InChI is InChI=1S/C29H36N2S3.C21H30S2.C18H15P.C6H2Br2N2S/c1-5-7-9-11-15-29(16-12-10-8-6-2)22-17-20(4)32-27(22)28-23(29)18-24(33-28)21-14-13-19(3)25-26(21)31-34-30-25;1-3-5-7-9-13-21(14-10-8-6-4-2)17-11-15-22-19(17)20-18(21)12-16-23-20;1-4-10-16(11-5-1)19(17-12-6-2-7-13-17)18-14-8-3-9-15-18;7-3-1-2-4(8)6-5(3)9-11-10-6/h13-14,17-18H,5-12,15-16H2,1-4H3;11-12,15-16H,3-10,13-14H2,1-2H3;1-15H;1-2H. The van der Waals surface area contributed by atoms with Crippen molar-refractivity contribution in [1.29, 1.82) is 0 Å². The average molecular weight is 1410 g/mol. The molecule has 0 N–H and O–H groups in total. The maximum atomic E-state index is 4.70. The Morgan fingerprint density at radius 2 is 0.793 bits per heavy atom. The molecule has 0 unspecified atom stereocenters. The van der Waals surface area contributed by atoms with Gasteiger partial charge in [-0.2, -0.15) is 17.5 Å². The first kappa shape index (κ1) is 65.9. The van der Waals surface area contributed by atoms with Crippen molar-refractivity contribution in [1.82, 2.24) is 17.5 Å². The van der Waals surface area contributed by atoms with Crippen LogP contribution in [0, 0.1) is 13.8 Å². The first-order valence-electron chi connectivity index (χ1n) is 31.8. The largest absolute Gasteiger partial charge is 0.173 e. The van der Waals surface area contributed by atoms with Crippen LogP contribution < -0.4 is 15.9 Å². The highest BCUT2D eigenvalue weighted by Gasteiger charge is 2.46. The number of hydrogen-bond donors (Lipinski definition) is 0. The van der Waals surface area contributed by atoms with Gasteiger partial charge in [0.2, 0.25) is 0 Å². The molecule has 0 radical (unpaired) electrons. The van der Waals surface area contributed by atoms with E-state index < -0.39 is 7.92 Å². The lowest BCUT2D eigenvalue weighted by atomic mass is 9.71. The third-order valence-corrected chi connectivity index (χ3v) is 26.6. The molecular formula is C74H83Br2N4PS6. The lowest BCUT2D eigenvalue weighted by Crippen LogP contribution is -2.25. The molecule has 454 valence electrons. The molecule has 0 spiro atoms. The van der Waals surface area contributed by atoms with Gasteiger partial charge in [0.1, 0.15) is 22.1 Å². The summed E-state index contributed by atoms with van der Waals surface area (Å²) in [4.78, 5) is 9.08. The molecule has 6 heterocycles. The molecular weight excluding hydrogens is 1330 g/mol. The Labute approximate surface area is 561 Å². The average Bonchev–Trinajstić information content (AvgIpc) is 1.58. The second kappa shape index (κ2) is 32.3. The molecule has 5 aromatic carbocycles. The summed E-state index contributed by atoms with van der Waals surface area (Å²) in [7, 11) is -0.446. The Hall–Kier alpha value is -4.07. The molecule has 13 rings (SSSR count). The zero-order chi connectivity index (χ0) is 60.6. The molecule has 0 bridgehead atoms. The van der Waals surface area contributed by atoms with E-state index in [9.17, 15) is 0 Å². The molecule has 87 heavy (non-hydrogen) atoms. The van der Waals surface area contributed by atoms with Crippen molar-refractivity contribution < 1.29 is 0 Å². The monoisotopic (exact) mass is 1410 g/mol. The molecule has 0 atom stereocenters. The van der Waals surface area contributed by atoms with E-state index in [-0.39, 0.29) is 5.41 Å². The second-order valence-electron chi connectivity index (χ2n) is 23.4. The fraction of sp³-hybridized carbons (Fsp3) is 0.378. The third-order valence-electron chi connectivity index (χ3n) is 17.5. The first-order valence-corrected chi connectivity index (χ1v) is 39.6. The minimum Gasteiger partial charge on any atom is -0.173 e. The SMILES string of the molecule is Brc1ccc(Br)c2nsnc12.CCCCCCC1(CCCCCC)c2cc(C)sc2-c2sc(-c3ccc(C)c4nsnc34)cc21.CCCCCCC1(CCCCCC)c2ccsc2-c2sccc21.c1ccc(P(c2ccccc2)c2ccccc2)cc1. The van der Waals surface area contributed by atoms with Crippen LogP contribution in [-0.4, -0.2) is 17.5 Å². The van der Waals surface area contributed by atoms with E-state index in [0.717, 1.165) is 31.0 Å². The van der Waals surface area contributed by atoms with Crippen LogP contribution in [0.4, 0.5) is 0 Å². The lowest BCUT2D eigenvalue weighted by molar-refractivity contribution is 0.402. The molecule has 6 aromatic heterocycles. The minimum atomic E-state index is -0.446. The van der Waals surface area contributed by atoms with Gasteiger partial charge < -0.3 is 0 Å². The van der Waals surface area contributed by atoms with E-state index in [4.69, 9.17) is 4.37 Å². The minimum absolute atomic E-state index is 0.190. The van der Waals surface area contributed by atoms with E-state index in [1.807, 2.05) is 57.5 Å². The number of thiophene rings is 4. The zero-order valence-electron chi connectivity index (χ0n) is 51.5. The van der Waals surface area contributed by atoms with E-state index >= 15 is 0 Å². The highest BCUT2D eigenvalue weighted by molar-refractivity contribution is 9.11. The van der Waals surface area contributed by atoms with Gasteiger partial charge in [-0.15, -0.1) is 45.3 Å². The molecule has 2 aliphatic carbocycles. The number of hydrogen-bond acceptors (Lipinski definition) is 10. The molecule has 2 aliphatic rings. The van der Waals surface area contributed by atoms with Crippen molar-refractivity contribution in [2.24, 2.45) is 0 Å². The van der Waals surface area contributed by atoms with Crippen molar-refractivity contribution in [3.8, 4) is 29.9 Å². The summed E-state index contributed by atoms with van der Waals surface area (Å²) in [6, 6.07) is 50.7. The predicted molar refractivity (Wildman–Crippen MR) is 396 cm³/mol. The van der Waals surface area contributed by atoms with Gasteiger partial charge in [-0.1, -0.05) is 234 Å². The van der Waals surface area contributed by atoms with Gasteiger partial charge in [0, 0.05) is 54.6 Å². The topological polar surface area (TPSA) is 51.6 Å². The van der Waals surface area contributed by atoms with Gasteiger partial charge in [0.05, 0.1) is 23.5 Å². The number of unbranched alkanes of at least 4 members (excludes halogenated alkanes) is 12. The van der Waals surface area contributed by atoms with Crippen LogP contribution in [0.2, 0.25) is 0 Å². The van der Waals surface area contributed by atoms with Crippen LogP contribution >= 0.6 is 109 Å². The molecule has 4 nitrogen and oxygen atoms in total. The summed E-state index contributed by atoms with van der Waals surface area (Å²) in [5, 5.41) is 8.83. The Kier molecular flexibility index (Phi) is 24.4. The van der Waals surface area contributed by atoms with Gasteiger partial charge in [-0.05, 0) is 170 Å². The Balaban J connectivity index is 0.000000137. The number of aryl methyl sites for hydroxylation is 2. The number of benzene rings is 5. The molecule has 0 saturated carbocycles. The molecule has 0 fully saturated rings. The summed E-state index contributed by atoms with van der Waals surface area (Å²) >= 11 is 17.3. The quantitative estimate of drug-likeness (QED) is 0.0447. The van der Waals surface area contributed by atoms with Crippen LogP contribution in [0.3, 0.4) is 0 Å². The lowest BCUT2D eigenvalue weighted by Gasteiger charge is -2.31. The first-order chi connectivity index (χ1) is 42.7. The number of halogens is 2. The number of aromatic nitrogens is 4. The van der Waals surface area contributed by atoms with Crippen molar-refractivity contribution >= 4 is 147 Å². The van der Waals surface area contributed by atoms with Gasteiger partial charge in [-0.3, -0.25) is 0 Å². The van der Waals surface area contributed by atoms with E-state index in [1.54, 1.807) is 36.9 Å². The van der Waals surface area contributed by atoms with Crippen LogP contribution in [0.5, 0.6) is 0 Å². The number of fused-ring (bicyclic) bond motifs is 8. The molecule has 0 amide bonds. The number of nitrogens with zero attached hydrogens (tertiary/aromatic N) is 4. The van der Waals surface area contributed by atoms with E-state index in [0.29, 0.717) is 5.41 Å². The van der Waals surface area contributed by atoms with Gasteiger partial charge in [-0.25, -0.2) is 0 Å². The van der Waals surface area contributed by atoms with E-state index in [2.05, 4.69) is 225 Å². The highest BCUT2D eigenvalue weighted by Crippen LogP contribution is 2.61. The molecule has 0 aliphatic heterocycles. The van der Waals surface area contributed by atoms with Crippen molar-refractivity contribution in [2.75, 3.05) is 0 Å². The van der Waals surface area contributed by atoms with Crippen molar-refractivity contribution in [3.63, 3.8) is 0 Å². The van der Waals surface area contributed by atoms with Gasteiger partial charge in [0.15, 0.2) is 0 Å². The van der Waals surface area contributed by atoms with Crippen molar-refractivity contribution in [3.05, 3.63) is 192 Å². The smallest absolute Gasteiger partial charge is 0.120 e. The van der Waals surface area contributed by atoms with Crippen LogP contribution in [0.1, 0.15) is 189 Å². The molecule has 13 heteroatoms. The molecule has 11 aromatic rings. The fourth-order valence-corrected chi connectivity index (χ4v) is 22.3. The summed E-state index contributed by atoms with van der Waals surface area (Å²) < 4.78 is 19.5. The summed E-state index contributed by atoms with van der Waals surface area (Å²) in [6.07, 6.45) is 26.9. The fourth-order valence-electron chi connectivity index (χ4n) is 13.0. The molecule has 0 saturated heterocycles. The Bertz CT molecular complexity index is 3680. The summed E-state index contributed by atoms with van der Waals surface area (Å²) in [5.41, 5.74) is 13.6. The Morgan fingerprint density at radius 1 is 0.391 bits per heavy atom. The Morgan fingerprint density at radius 3 is 1.24 bits per heavy atom. The maximum absolute atomic E-state index is 4.70. The van der Waals surface area contributed by atoms with Crippen LogP contribution in [0.15, 0.2) is 159 Å². The normalized spacial score (nSPS) is 13.1. The highest BCUT2D eigenvalue weighted by atomic mass is 79.9. The summed E-state index contributed by atoms with van der Waals surface area (Å²) in [5.74, 6) is 0. The predicted octanol–water partition coefficient (Wildman–Crippen LogP) is 25.0. The van der Waals surface area contributed by atoms with Crippen LogP contribution in [-0.2, 0) is 10.8 Å². The van der Waals surface area contributed by atoms with Gasteiger partial charge in [0.25, 0.3) is 0 Å². The second-order valence-corrected chi connectivity index (χ2v) is 32.5. The van der Waals surface area contributed by atoms with Crippen molar-refractivity contribution in [2.45, 2.75) is 181 Å². The maximum Gasteiger partial charge on any atom is 0.120 e. The third kappa shape index (κ3) is 15.1. The zero-order valence-corrected chi connectivity index (χ0v) is 60.5. The van der Waals surface area contributed by atoms with Gasteiger partial charge >= 0.3 is 0 Å². The van der Waals surface area contributed by atoms with E-state index in [1.165, 1.54) is 194 Å². The van der Waals surface area contributed by atoms with Crippen LogP contribution in [0.25, 0.3) is 52.0 Å². The summed E-state index contributed by atoms with van der Waals surface area (Å²) in [6.45, 7) is 13.7. The number of rotatable bonds is 24.